The summed E-state index contributed by atoms with van der Waals surface area (Å²) in [6, 6.07) is 0. The molecular weight excluding hydrogens is 128 g/mol. The number of hydrogen-bond acceptors (Lipinski definition) is 3. The van der Waals surface area contributed by atoms with Gasteiger partial charge < -0.3 is 5.41 Å². The number of alkyl halides is 2. The number of nitrogens with zero attached hydrogens (tertiary/aromatic N) is 1. The summed E-state index contributed by atoms with van der Waals surface area (Å²) in [4.78, 5) is 0. The maximum Gasteiger partial charge on any atom is 0.327 e. The summed E-state index contributed by atoms with van der Waals surface area (Å²) in [6.45, 7) is -1.21. The van der Waals surface area contributed by atoms with Crippen LogP contribution in [0.3, 0.4) is 0 Å². The number of nitrogens with one attached hydrogen (secondary N) is 2. The number of rotatable bonds is 3. The van der Waals surface area contributed by atoms with Crippen LogP contribution in [-0.4, -0.2) is 18.5 Å². The molecule has 0 aromatic rings. The van der Waals surface area contributed by atoms with Gasteiger partial charge in [-0.2, -0.15) is 13.9 Å². The summed E-state index contributed by atoms with van der Waals surface area (Å²) < 4.78 is 22.5. The molecule has 0 aliphatic carbocycles. The second-order valence-corrected chi connectivity index (χ2v) is 1.33. The van der Waals surface area contributed by atoms with Gasteiger partial charge in [0.25, 0.3) is 0 Å². The summed E-state index contributed by atoms with van der Waals surface area (Å²) in [6.07, 6.45) is 0.884. The van der Waals surface area contributed by atoms with Gasteiger partial charge >= 0.3 is 6.55 Å². The van der Waals surface area contributed by atoms with Crippen molar-refractivity contribution in [2.24, 2.45) is 5.10 Å². The smallest absolute Gasteiger partial charge is 0.307 e. The zero-order valence-corrected chi connectivity index (χ0v) is 4.86. The van der Waals surface area contributed by atoms with Gasteiger partial charge in [-0.1, -0.05) is 0 Å². The van der Waals surface area contributed by atoms with Crippen LogP contribution >= 0.6 is 0 Å². The van der Waals surface area contributed by atoms with Crippen molar-refractivity contribution in [2.45, 2.75) is 13.5 Å². The molecule has 0 bridgehead atoms. The third kappa shape index (κ3) is 4.86. The predicted octanol–water partition coefficient (Wildman–Crippen LogP) is 0.824. The molecule has 2 N–H and O–H groups in total. The van der Waals surface area contributed by atoms with Crippen LogP contribution in [0.15, 0.2) is 5.10 Å². The topological polar surface area (TPSA) is 48.2 Å². The van der Waals surface area contributed by atoms with Crippen LogP contribution in [0.4, 0.5) is 8.78 Å². The quantitative estimate of drug-likeness (QED) is 0.336. The summed E-state index contributed by atoms with van der Waals surface area (Å²) in [5.74, 6) is 0. The van der Waals surface area contributed by atoms with Gasteiger partial charge in [-0.3, -0.25) is 5.43 Å². The SMILES string of the molecule is C/C(C=N)=N/NC(F)F. The predicted molar refractivity (Wildman–Crippen MR) is 31.0 cm³/mol. The van der Waals surface area contributed by atoms with Gasteiger partial charge in [-0.15, -0.1) is 0 Å². The van der Waals surface area contributed by atoms with Gasteiger partial charge in [0.05, 0.1) is 5.71 Å². The zero-order chi connectivity index (χ0) is 7.28. The second kappa shape index (κ2) is 3.94. The van der Waals surface area contributed by atoms with E-state index in [4.69, 9.17) is 5.41 Å². The minimum Gasteiger partial charge on any atom is -0.307 e. The molecule has 0 amide bonds. The Bertz CT molecular complexity index is 121. The highest BCUT2D eigenvalue weighted by atomic mass is 19.3. The average Bonchev–Trinajstić information content (AvgIpc) is 1.83. The fraction of sp³-hybridized carbons (Fsp3) is 0.500. The standard InChI is InChI=1S/C4H7F2N3/c1-3(2-7)8-9-4(5)6/h2,4,7,9H,1H3/b7-2?,8-3-. The fourth-order valence-electron chi connectivity index (χ4n) is 0.183. The van der Waals surface area contributed by atoms with E-state index in [0.29, 0.717) is 0 Å². The first-order valence-corrected chi connectivity index (χ1v) is 2.25. The van der Waals surface area contributed by atoms with Crippen molar-refractivity contribution in [1.82, 2.24) is 5.43 Å². The minimum absolute atomic E-state index is 0.218. The summed E-state index contributed by atoms with van der Waals surface area (Å²) >= 11 is 0. The molecule has 0 saturated carbocycles. The molecule has 0 aliphatic heterocycles. The fourth-order valence-corrected chi connectivity index (χ4v) is 0.183. The van der Waals surface area contributed by atoms with Crippen LogP contribution in [-0.2, 0) is 0 Å². The molecule has 0 unspecified atom stereocenters. The minimum atomic E-state index is -2.65. The molecule has 9 heavy (non-hydrogen) atoms. The van der Waals surface area contributed by atoms with Gasteiger partial charge in [0.1, 0.15) is 0 Å². The molecule has 0 fully saturated rings. The molecule has 0 saturated heterocycles. The molecule has 0 atom stereocenters. The van der Waals surface area contributed by atoms with E-state index in [9.17, 15) is 8.78 Å². The highest BCUT2D eigenvalue weighted by molar-refractivity contribution is 6.28. The van der Waals surface area contributed by atoms with Gasteiger partial charge in [0.15, 0.2) is 0 Å². The summed E-state index contributed by atoms with van der Waals surface area (Å²) in [5.41, 5.74) is 1.72. The van der Waals surface area contributed by atoms with Crippen molar-refractivity contribution in [1.29, 1.82) is 5.41 Å². The van der Waals surface area contributed by atoms with E-state index in [1.807, 2.05) is 0 Å². The Balaban J connectivity index is 3.56. The first-order chi connectivity index (χ1) is 4.16. The number of hydrazone groups is 1. The molecule has 52 valence electrons. The van der Waals surface area contributed by atoms with Gasteiger partial charge in [-0.05, 0) is 6.92 Å². The van der Waals surface area contributed by atoms with E-state index in [2.05, 4.69) is 5.10 Å². The zero-order valence-electron chi connectivity index (χ0n) is 4.86. The highest BCUT2D eigenvalue weighted by Crippen LogP contribution is 1.83. The average molecular weight is 135 g/mol. The third-order valence-corrected chi connectivity index (χ3v) is 0.547. The molecule has 3 nitrogen and oxygen atoms in total. The molecular formula is C4H7F2N3. The Hall–Kier alpha value is -1.00. The lowest BCUT2D eigenvalue weighted by atomic mass is 10.5. The third-order valence-electron chi connectivity index (χ3n) is 0.547. The maximum absolute atomic E-state index is 11.2. The lowest BCUT2D eigenvalue weighted by Crippen LogP contribution is -2.15. The summed E-state index contributed by atoms with van der Waals surface area (Å²) in [5, 5.41) is 9.63. The normalized spacial score (nSPS) is 11.8. The Labute approximate surface area is 51.3 Å². The van der Waals surface area contributed by atoms with Crippen molar-refractivity contribution in [3.63, 3.8) is 0 Å². The molecule has 0 rings (SSSR count). The van der Waals surface area contributed by atoms with E-state index < -0.39 is 6.55 Å². The van der Waals surface area contributed by atoms with Gasteiger partial charge in [0, 0.05) is 6.21 Å². The second-order valence-electron chi connectivity index (χ2n) is 1.33. The van der Waals surface area contributed by atoms with Crippen LogP contribution < -0.4 is 5.43 Å². The molecule has 0 aromatic carbocycles. The Kier molecular flexibility index (Phi) is 3.50. The van der Waals surface area contributed by atoms with Crippen molar-refractivity contribution in [3.8, 4) is 0 Å². The van der Waals surface area contributed by atoms with Crippen molar-refractivity contribution < 1.29 is 8.78 Å². The molecule has 0 spiro atoms. The lowest BCUT2D eigenvalue weighted by Gasteiger charge is -1.95. The van der Waals surface area contributed by atoms with E-state index >= 15 is 0 Å². The van der Waals surface area contributed by atoms with E-state index in [1.165, 1.54) is 12.3 Å². The maximum atomic E-state index is 11.2. The first-order valence-electron chi connectivity index (χ1n) is 2.25. The van der Waals surface area contributed by atoms with Crippen molar-refractivity contribution in [2.75, 3.05) is 0 Å². The van der Waals surface area contributed by atoms with Crippen LogP contribution in [0.2, 0.25) is 0 Å². The van der Waals surface area contributed by atoms with E-state index in [0.717, 1.165) is 6.21 Å². The Morgan fingerprint density at radius 2 is 2.33 bits per heavy atom. The van der Waals surface area contributed by atoms with Gasteiger partial charge in [0.2, 0.25) is 0 Å². The van der Waals surface area contributed by atoms with Crippen LogP contribution in [0, 0.1) is 5.41 Å². The molecule has 0 radical (unpaired) electrons. The van der Waals surface area contributed by atoms with Crippen molar-refractivity contribution >= 4 is 11.9 Å². The van der Waals surface area contributed by atoms with Gasteiger partial charge in [-0.25, -0.2) is 0 Å². The van der Waals surface area contributed by atoms with E-state index in [1.54, 1.807) is 0 Å². The number of hydrogen-bond donors (Lipinski definition) is 2. The highest BCUT2D eigenvalue weighted by Gasteiger charge is 1.94. The summed E-state index contributed by atoms with van der Waals surface area (Å²) in [7, 11) is 0. The molecule has 0 heterocycles. The monoisotopic (exact) mass is 135 g/mol. The lowest BCUT2D eigenvalue weighted by molar-refractivity contribution is 0.110. The number of halogens is 2. The van der Waals surface area contributed by atoms with Crippen molar-refractivity contribution in [3.05, 3.63) is 0 Å². The largest absolute Gasteiger partial charge is 0.327 e. The molecule has 5 heteroatoms. The Morgan fingerprint density at radius 3 is 2.67 bits per heavy atom. The Morgan fingerprint density at radius 1 is 1.78 bits per heavy atom. The molecule has 0 aliphatic rings. The van der Waals surface area contributed by atoms with Crippen LogP contribution in [0.25, 0.3) is 0 Å². The first kappa shape index (κ1) is 8.00. The van der Waals surface area contributed by atoms with E-state index in [-0.39, 0.29) is 5.71 Å². The van der Waals surface area contributed by atoms with Crippen LogP contribution in [0.1, 0.15) is 6.92 Å². The van der Waals surface area contributed by atoms with Crippen LogP contribution in [0.5, 0.6) is 0 Å². The molecule has 0 aromatic heterocycles.